The first-order valence-corrected chi connectivity index (χ1v) is 2.03. The lowest BCUT2D eigenvalue weighted by atomic mass is 10.6. The predicted molar refractivity (Wildman–Crippen MR) is 25.2 cm³/mol. The van der Waals surface area contributed by atoms with E-state index in [0.717, 1.165) is 0 Å². The summed E-state index contributed by atoms with van der Waals surface area (Å²) in [5.74, 6) is 0.500. The minimum absolute atomic E-state index is 0.500. The molecule has 0 saturated carbocycles. The van der Waals surface area contributed by atoms with Gasteiger partial charge in [-0.3, -0.25) is 0 Å². The van der Waals surface area contributed by atoms with E-state index in [-0.39, 0.29) is 0 Å². The molecule has 0 aliphatic rings. The molecule has 0 bridgehead atoms. The first kappa shape index (κ1) is 4.96. The zero-order valence-corrected chi connectivity index (χ0v) is 4.33. The number of aromatic nitrogens is 3. The quantitative estimate of drug-likeness (QED) is 0.497. The molecule has 0 unspecified atom stereocenters. The highest BCUT2D eigenvalue weighted by atomic mass is 16.5. The Morgan fingerprint density at radius 3 is 3.00 bits per heavy atom. The standard InChI is InChI=1S/C4H4N3O/c1-8-4-2-5-7-6-3-4/h2H,1H3. The summed E-state index contributed by atoms with van der Waals surface area (Å²) in [6, 6.07) is 0. The molecule has 0 N–H and O–H groups in total. The maximum atomic E-state index is 4.69. The zero-order chi connectivity index (χ0) is 5.82. The van der Waals surface area contributed by atoms with Gasteiger partial charge in [0, 0.05) is 0 Å². The highest BCUT2D eigenvalue weighted by Gasteiger charge is 1.85. The Morgan fingerprint density at radius 1 is 1.75 bits per heavy atom. The van der Waals surface area contributed by atoms with Gasteiger partial charge in [0.1, 0.15) is 0 Å². The van der Waals surface area contributed by atoms with Gasteiger partial charge in [0.25, 0.3) is 0 Å². The molecule has 0 aliphatic carbocycles. The van der Waals surface area contributed by atoms with Crippen molar-refractivity contribution in [3.8, 4) is 5.75 Å². The number of hydrogen-bond acceptors (Lipinski definition) is 4. The molecule has 4 heteroatoms. The summed E-state index contributed by atoms with van der Waals surface area (Å²) in [5.41, 5.74) is 0. The molecule has 1 aromatic rings. The molecule has 1 aromatic heterocycles. The van der Waals surface area contributed by atoms with Crippen LogP contribution < -0.4 is 4.74 Å². The summed E-state index contributed by atoms with van der Waals surface area (Å²) in [6.45, 7) is 0. The molecule has 0 spiro atoms. The summed E-state index contributed by atoms with van der Waals surface area (Å²) in [6.07, 6.45) is 3.91. The molecule has 41 valence electrons. The van der Waals surface area contributed by atoms with E-state index in [2.05, 4.69) is 21.6 Å². The Balaban J connectivity index is 2.83. The Morgan fingerprint density at radius 2 is 2.62 bits per heavy atom. The lowest BCUT2D eigenvalue weighted by Crippen LogP contribution is -1.88. The van der Waals surface area contributed by atoms with Gasteiger partial charge >= 0.3 is 0 Å². The second-order valence-corrected chi connectivity index (χ2v) is 1.11. The molecular formula is C4H4N3O. The molecule has 0 aliphatic heterocycles. The Bertz CT molecular complexity index is 153. The molecule has 0 aromatic carbocycles. The third-order valence-electron chi connectivity index (χ3n) is 0.651. The molecule has 0 saturated heterocycles. The van der Waals surface area contributed by atoms with Crippen molar-refractivity contribution in [2.24, 2.45) is 0 Å². The minimum atomic E-state index is 0.500. The zero-order valence-electron chi connectivity index (χ0n) is 4.33. The van der Waals surface area contributed by atoms with Crippen molar-refractivity contribution in [3.05, 3.63) is 12.4 Å². The summed E-state index contributed by atoms with van der Waals surface area (Å²) in [7, 11) is 1.52. The van der Waals surface area contributed by atoms with Crippen molar-refractivity contribution in [2.75, 3.05) is 7.11 Å². The van der Waals surface area contributed by atoms with Gasteiger partial charge in [0.05, 0.1) is 13.3 Å². The van der Waals surface area contributed by atoms with E-state index in [1.54, 1.807) is 0 Å². The highest BCUT2D eigenvalue weighted by Crippen LogP contribution is 1.98. The van der Waals surface area contributed by atoms with Crippen LogP contribution in [0.5, 0.6) is 5.75 Å². The first-order chi connectivity index (χ1) is 3.93. The van der Waals surface area contributed by atoms with Crippen LogP contribution in [0.1, 0.15) is 0 Å². The maximum Gasteiger partial charge on any atom is 0.169 e. The largest absolute Gasteiger partial charge is 0.493 e. The summed E-state index contributed by atoms with van der Waals surface area (Å²) >= 11 is 0. The van der Waals surface area contributed by atoms with Gasteiger partial charge in [-0.15, -0.1) is 10.2 Å². The van der Waals surface area contributed by atoms with Gasteiger partial charge in [-0.1, -0.05) is 0 Å². The van der Waals surface area contributed by atoms with Crippen molar-refractivity contribution < 1.29 is 4.74 Å². The monoisotopic (exact) mass is 110 g/mol. The van der Waals surface area contributed by atoms with Crippen LogP contribution in [0.25, 0.3) is 0 Å². The molecule has 0 amide bonds. The van der Waals surface area contributed by atoms with Crippen LogP contribution in [-0.2, 0) is 0 Å². The Hall–Kier alpha value is -1.19. The first-order valence-electron chi connectivity index (χ1n) is 2.03. The van der Waals surface area contributed by atoms with Gasteiger partial charge < -0.3 is 4.74 Å². The molecule has 4 nitrogen and oxygen atoms in total. The number of hydrogen-bond donors (Lipinski definition) is 0. The van der Waals surface area contributed by atoms with Crippen LogP contribution in [0.15, 0.2) is 6.20 Å². The van der Waals surface area contributed by atoms with E-state index < -0.39 is 0 Å². The van der Waals surface area contributed by atoms with E-state index in [4.69, 9.17) is 4.74 Å². The van der Waals surface area contributed by atoms with Crippen molar-refractivity contribution in [1.82, 2.24) is 15.4 Å². The van der Waals surface area contributed by atoms with Crippen molar-refractivity contribution in [1.29, 1.82) is 0 Å². The van der Waals surface area contributed by atoms with Crippen LogP contribution in [0, 0.1) is 6.20 Å². The van der Waals surface area contributed by atoms with Gasteiger partial charge in [-0.25, -0.2) is 0 Å². The Labute approximate surface area is 46.5 Å². The average Bonchev–Trinajstić information content (AvgIpc) is 1.90. The number of rotatable bonds is 1. The van der Waals surface area contributed by atoms with E-state index >= 15 is 0 Å². The van der Waals surface area contributed by atoms with E-state index in [0.29, 0.717) is 5.75 Å². The van der Waals surface area contributed by atoms with Gasteiger partial charge in [0.2, 0.25) is 0 Å². The van der Waals surface area contributed by atoms with Crippen LogP contribution in [0.2, 0.25) is 0 Å². The van der Waals surface area contributed by atoms with E-state index in [1.165, 1.54) is 13.3 Å². The number of methoxy groups -OCH3 is 1. The minimum Gasteiger partial charge on any atom is -0.493 e. The second-order valence-electron chi connectivity index (χ2n) is 1.11. The fourth-order valence-electron chi connectivity index (χ4n) is 0.303. The van der Waals surface area contributed by atoms with E-state index in [1.807, 2.05) is 0 Å². The van der Waals surface area contributed by atoms with Crippen molar-refractivity contribution in [2.45, 2.75) is 0 Å². The molecule has 0 atom stereocenters. The van der Waals surface area contributed by atoms with Crippen molar-refractivity contribution in [3.63, 3.8) is 0 Å². The van der Waals surface area contributed by atoms with Gasteiger partial charge in [-0.2, -0.15) is 0 Å². The van der Waals surface area contributed by atoms with Crippen LogP contribution >= 0.6 is 0 Å². The summed E-state index contributed by atoms with van der Waals surface area (Å²) < 4.78 is 4.69. The fourth-order valence-corrected chi connectivity index (χ4v) is 0.303. The van der Waals surface area contributed by atoms with Crippen LogP contribution in [-0.4, -0.2) is 22.5 Å². The van der Waals surface area contributed by atoms with E-state index in [9.17, 15) is 0 Å². The molecule has 8 heavy (non-hydrogen) atoms. The predicted octanol–water partition coefficient (Wildman–Crippen LogP) is -0.320. The molecular weight excluding hydrogens is 106 g/mol. The Kier molecular flexibility index (Phi) is 1.37. The van der Waals surface area contributed by atoms with Crippen LogP contribution in [0.4, 0.5) is 0 Å². The lowest BCUT2D eigenvalue weighted by Gasteiger charge is -1.90. The van der Waals surface area contributed by atoms with Gasteiger partial charge in [-0.05, 0) is 5.21 Å². The van der Waals surface area contributed by atoms with Crippen molar-refractivity contribution >= 4 is 0 Å². The molecule has 0 fully saturated rings. The van der Waals surface area contributed by atoms with Crippen LogP contribution in [0.3, 0.4) is 0 Å². The normalized spacial score (nSPS) is 8.62. The molecule has 1 rings (SSSR count). The van der Waals surface area contributed by atoms with Gasteiger partial charge in [0.15, 0.2) is 11.9 Å². The smallest absolute Gasteiger partial charge is 0.169 e. The lowest BCUT2D eigenvalue weighted by molar-refractivity contribution is 0.406. The maximum absolute atomic E-state index is 4.69. The number of nitrogens with zero attached hydrogens (tertiary/aromatic N) is 3. The summed E-state index contributed by atoms with van der Waals surface area (Å²) in [5, 5.41) is 10.0. The third-order valence-corrected chi connectivity index (χ3v) is 0.651. The second kappa shape index (κ2) is 2.20. The highest BCUT2D eigenvalue weighted by molar-refractivity contribution is 5.05. The topological polar surface area (TPSA) is 47.9 Å². The third kappa shape index (κ3) is 0.900. The molecule has 1 radical (unpaired) electrons. The molecule has 1 heterocycles. The average molecular weight is 110 g/mol. The number of ether oxygens (including phenoxy) is 1. The fraction of sp³-hybridized carbons (Fsp3) is 0.250. The SMILES string of the molecule is COc1[c]nnnc1. The summed E-state index contributed by atoms with van der Waals surface area (Å²) in [4.78, 5) is 0.